The van der Waals surface area contributed by atoms with E-state index < -0.39 is 11.7 Å². The summed E-state index contributed by atoms with van der Waals surface area (Å²) in [6.45, 7) is 5.95. The molecule has 0 aliphatic heterocycles. The fraction of sp³-hybridized carbons (Fsp3) is 0.478. The second-order valence-electron chi connectivity index (χ2n) is 9.00. The van der Waals surface area contributed by atoms with Gasteiger partial charge in [0.05, 0.1) is 0 Å². The second-order valence-corrected chi connectivity index (χ2v) is 9.44. The minimum absolute atomic E-state index is 0.0309. The van der Waals surface area contributed by atoms with Crippen molar-refractivity contribution in [2.45, 2.75) is 63.5 Å². The molecule has 8 heteroatoms. The lowest BCUT2D eigenvalue weighted by atomic mass is 9.68. The summed E-state index contributed by atoms with van der Waals surface area (Å²) in [6.07, 6.45) is 4.22. The van der Waals surface area contributed by atoms with Crippen molar-refractivity contribution in [1.82, 2.24) is 20.8 Å². The number of amides is 2. The van der Waals surface area contributed by atoms with E-state index >= 15 is 0 Å². The number of nitrogens with one attached hydrogen (secondary N) is 2. The first-order valence-electron chi connectivity index (χ1n) is 10.5. The van der Waals surface area contributed by atoms with Crippen LogP contribution in [0.1, 0.15) is 62.5 Å². The minimum atomic E-state index is -0.560. The Morgan fingerprint density at radius 1 is 1.19 bits per heavy atom. The topological polar surface area (TPSA) is 93.2 Å². The van der Waals surface area contributed by atoms with Gasteiger partial charge < -0.3 is 15.4 Å². The van der Waals surface area contributed by atoms with E-state index in [9.17, 15) is 9.59 Å². The first kappa shape index (κ1) is 23.0. The lowest BCUT2D eigenvalue weighted by molar-refractivity contribution is 0.0506. The van der Waals surface area contributed by atoms with Crippen molar-refractivity contribution < 1.29 is 14.3 Å². The molecule has 0 radical (unpaired) electrons. The Labute approximate surface area is 187 Å². The molecule has 1 aromatic carbocycles. The molecule has 1 heterocycles. The highest BCUT2D eigenvalue weighted by Gasteiger charge is 2.38. The van der Waals surface area contributed by atoms with Crippen molar-refractivity contribution in [2.24, 2.45) is 0 Å². The van der Waals surface area contributed by atoms with Gasteiger partial charge in [-0.1, -0.05) is 23.7 Å². The SMILES string of the molecule is CC(C)(C)OC(=O)NCC1(c2cccc(Cl)c2)CCC(NC(=O)c2cccnn2)CC1. The van der Waals surface area contributed by atoms with Crippen molar-refractivity contribution in [3.63, 3.8) is 0 Å². The number of hydrogen-bond acceptors (Lipinski definition) is 5. The van der Waals surface area contributed by atoms with Gasteiger partial charge in [0.15, 0.2) is 5.69 Å². The van der Waals surface area contributed by atoms with Crippen LogP contribution in [0.3, 0.4) is 0 Å². The Bertz CT molecular complexity index is 907. The van der Waals surface area contributed by atoms with Gasteiger partial charge >= 0.3 is 6.09 Å². The van der Waals surface area contributed by atoms with E-state index in [-0.39, 0.29) is 17.4 Å². The lowest BCUT2D eigenvalue weighted by Crippen LogP contribution is -2.48. The van der Waals surface area contributed by atoms with E-state index in [0.29, 0.717) is 17.3 Å². The molecule has 2 N–H and O–H groups in total. The predicted octanol–water partition coefficient (Wildman–Crippen LogP) is 4.27. The van der Waals surface area contributed by atoms with Crippen LogP contribution in [0.25, 0.3) is 0 Å². The van der Waals surface area contributed by atoms with E-state index in [0.717, 1.165) is 31.2 Å². The number of ether oxygens (including phenoxy) is 1. The number of hydrogen-bond donors (Lipinski definition) is 2. The normalized spacial score (nSPS) is 21.2. The molecule has 3 rings (SSSR count). The van der Waals surface area contributed by atoms with Gasteiger partial charge in [-0.3, -0.25) is 4.79 Å². The van der Waals surface area contributed by atoms with Gasteiger partial charge in [-0.05, 0) is 76.3 Å². The van der Waals surface area contributed by atoms with Gasteiger partial charge in [-0.2, -0.15) is 5.10 Å². The molecule has 0 unspecified atom stereocenters. The summed E-state index contributed by atoms with van der Waals surface area (Å²) in [5.74, 6) is -0.222. The third kappa shape index (κ3) is 6.40. The Kier molecular flexibility index (Phi) is 7.15. The van der Waals surface area contributed by atoms with Crippen molar-refractivity contribution in [3.05, 3.63) is 58.9 Å². The molecule has 0 bridgehead atoms. The van der Waals surface area contributed by atoms with Gasteiger partial charge in [-0.25, -0.2) is 4.79 Å². The molecule has 1 fully saturated rings. The van der Waals surface area contributed by atoms with Crippen molar-refractivity contribution in [1.29, 1.82) is 0 Å². The van der Waals surface area contributed by atoms with Crippen LogP contribution in [-0.4, -0.2) is 40.4 Å². The number of benzene rings is 1. The van der Waals surface area contributed by atoms with Gasteiger partial charge in [0.1, 0.15) is 5.60 Å². The molecule has 0 saturated heterocycles. The van der Waals surface area contributed by atoms with E-state index in [1.807, 2.05) is 45.0 Å². The number of rotatable bonds is 5. The van der Waals surface area contributed by atoms with Crippen LogP contribution in [0.4, 0.5) is 4.79 Å². The van der Waals surface area contributed by atoms with E-state index in [4.69, 9.17) is 16.3 Å². The van der Waals surface area contributed by atoms with Crippen LogP contribution in [-0.2, 0) is 10.2 Å². The predicted molar refractivity (Wildman–Crippen MR) is 119 cm³/mol. The Morgan fingerprint density at radius 3 is 2.55 bits per heavy atom. The van der Waals surface area contributed by atoms with E-state index in [1.165, 1.54) is 6.20 Å². The van der Waals surface area contributed by atoms with E-state index in [1.54, 1.807) is 12.1 Å². The van der Waals surface area contributed by atoms with Crippen LogP contribution < -0.4 is 10.6 Å². The van der Waals surface area contributed by atoms with Crippen molar-refractivity contribution >= 4 is 23.6 Å². The van der Waals surface area contributed by atoms with Crippen LogP contribution in [0.15, 0.2) is 42.6 Å². The maximum atomic E-state index is 12.4. The number of carbonyl (C=O) groups is 2. The Balaban J connectivity index is 1.69. The molecule has 1 saturated carbocycles. The summed E-state index contributed by atoms with van der Waals surface area (Å²) in [7, 11) is 0. The van der Waals surface area contributed by atoms with Crippen LogP contribution in [0, 0.1) is 0 Å². The third-order valence-corrected chi connectivity index (χ3v) is 5.72. The fourth-order valence-corrected chi connectivity index (χ4v) is 4.13. The summed E-state index contributed by atoms with van der Waals surface area (Å²) in [5, 5.41) is 14.3. The van der Waals surface area contributed by atoms with Crippen molar-refractivity contribution in [2.75, 3.05) is 6.54 Å². The minimum Gasteiger partial charge on any atom is -0.444 e. The average Bonchev–Trinajstić information content (AvgIpc) is 2.73. The summed E-state index contributed by atoms with van der Waals surface area (Å²) < 4.78 is 5.41. The van der Waals surface area contributed by atoms with Gasteiger partial charge in [0, 0.05) is 29.2 Å². The standard InChI is InChI=1S/C23H29ClN4O3/c1-22(2,3)31-21(30)25-15-23(16-6-4-7-17(24)14-16)11-9-18(10-12-23)27-20(29)19-8-5-13-26-28-19/h4-8,13-14,18H,9-12,15H2,1-3H3,(H,25,30)(H,27,29). The molecule has 1 aromatic heterocycles. The molecule has 1 aliphatic rings. The number of halogens is 1. The molecular weight excluding hydrogens is 416 g/mol. The van der Waals surface area contributed by atoms with Gasteiger partial charge in [-0.15, -0.1) is 5.10 Å². The fourth-order valence-electron chi connectivity index (χ4n) is 3.94. The monoisotopic (exact) mass is 444 g/mol. The van der Waals surface area contributed by atoms with Gasteiger partial charge in [0.2, 0.25) is 0 Å². The molecule has 0 atom stereocenters. The van der Waals surface area contributed by atoms with E-state index in [2.05, 4.69) is 20.8 Å². The lowest BCUT2D eigenvalue weighted by Gasteiger charge is -2.41. The average molecular weight is 445 g/mol. The zero-order valence-electron chi connectivity index (χ0n) is 18.2. The number of alkyl carbamates (subject to hydrolysis) is 1. The zero-order chi connectivity index (χ0) is 22.5. The van der Waals surface area contributed by atoms with Crippen molar-refractivity contribution in [3.8, 4) is 0 Å². The maximum absolute atomic E-state index is 12.4. The highest BCUT2D eigenvalue weighted by atomic mass is 35.5. The molecule has 2 aromatic rings. The summed E-state index contributed by atoms with van der Waals surface area (Å²) in [4.78, 5) is 24.7. The quantitative estimate of drug-likeness (QED) is 0.718. The maximum Gasteiger partial charge on any atom is 0.407 e. The molecule has 1 aliphatic carbocycles. The molecule has 31 heavy (non-hydrogen) atoms. The smallest absolute Gasteiger partial charge is 0.407 e. The first-order chi connectivity index (χ1) is 14.7. The highest BCUT2D eigenvalue weighted by molar-refractivity contribution is 6.30. The zero-order valence-corrected chi connectivity index (χ0v) is 18.9. The van der Waals surface area contributed by atoms with Gasteiger partial charge in [0.25, 0.3) is 5.91 Å². The van der Waals surface area contributed by atoms with Crippen LogP contribution >= 0.6 is 11.6 Å². The molecule has 0 spiro atoms. The summed E-state index contributed by atoms with van der Waals surface area (Å²) in [5.41, 5.74) is 0.543. The number of nitrogens with zero attached hydrogens (tertiary/aromatic N) is 2. The highest BCUT2D eigenvalue weighted by Crippen LogP contribution is 2.40. The Morgan fingerprint density at radius 2 is 1.94 bits per heavy atom. The second kappa shape index (κ2) is 9.64. The molecule has 166 valence electrons. The Hall–Kier alpha value is -2.67. The molecule has 2 amide bonds. The molecule has 7 nitrogen and oxygen atoms in total. The summed E-state index contributed by atoms with van der Waals surface area (Å²) in [6, 6.07) is 11.1. The van der Waals surface area contributed by atoms with Crippen LogP contribution in [0.2, 0.25) is 5.02 Å². The third-order valence-electron chi connectivity index (χ3n) is 5.49. The number of aromatic nitrogens is 2. The number of carbonyl (C=O) groups excluding carboxylic acids is 2. The first-order valence-corrected chi connectivity index (χ1v) is 10.9. The molecular formula is C23H29ClN4O3. The van der Waals surface area contributed by atoms with Crippen LogP contribution in [0.5, 0.6) is 0 Å². The largest absolute Gasteiger partial charge is 0.444 e. The summed E-state index contributed by atoms with van der Waals surface area (Å²) >= 11 is 6.26.